The quantitative estimate of drug-likeness (QED) is 0.662. The van der Waals surface area contributed by atoms with Gasteiger partial charge in [-0.15, -0.1) is 10.2 Å². The van der Waals surface area contributed by atoms with Crippen molar-refractivity contribution < 1.29 is 9.53 Å². The molecular weight excluding hydrogens is 330 g/mol. The molecule has 0 saturated carbocycles. The Morgan fingerprint density at radius 1 is 1.12 bits per heavy atom. The average molecular weight is 351 g/mol. The Labute approximate surface area is 152 Å². The largest absolute Gasteiger partial charge is 0.493 e. The summed E-state index contributed by atoms with van der Waals surface area (Å²) in [5, 5.41) is 10.3. The van der Waals surface area contributed by atoms with Gasteiger partial charge in [-0.2, -0.15) is 0 Å². The van der Waals surface area contributed by atoms with E-state index in [-0.39, 0.29) is 5.91 Å². The third-order valence-electron chi connectivity index (χ3n) is 3.92. The van der Waals surface area contributed by atoms with Crippen molar-refractivity contribution in [3.05, 3.63) is 60.3 Å². The molecule has 0 bridgehead atoms. The van der Waals surface area contributed by atoms with E-state index in [2.05, 4.69) is 20.5 Å². The van der Waals surface area contributed by atoms with Gasteiger partial charge in [0.25, 0.3) is 0 Å². The number of ether oxygens (including phenoxy) is 1. The third-order valence-corrected chi connectivity index (χ3v) is 3.92. The summed E-state index contributed by atoms with van der Waals surface area (Å²) in [7, 11) is 0. The fraction of sp³-hybridized carbons (Fsp3) is 0.263. The Kier molecular flexibility index (Phi) is 5.58. The first-order chi connectivity index (χ1) is 12.6. The molecule has 3 aromatic rings. The van der Waals surface area contributed by atoms with Crippen LogP contribution in [0.15, 0.2) is 49.2 Å². The van der Waals surface area contributed by atoms with Gasteiger partial charge in [-0.3, -0.25) is 9.36 Å². The Bertz CT molecular complexity index is 840. The molecule has 1 aromatic carbocycles. The number of para-hydroxylation sites is 1. The van der Waals surface area contributed by atoms with E-state index in [4.69, 9.17) is 4.74 Å². The number of carbonyl (C=O) groups excluding carboxylic acids is 1. The van der Waals surface area contributed by atoms with Crippen molar-refractivity contribution in [2.75, 3.05) is 11.9 Å². The van der Waals surface area contributed by atoms with Crippen molar-refractivity contribution in [2.24, 2.45) is 0 Å². The minimum absolute atomic E-state index is 0.0612. The lowest BCUT2D eigenvalue weighted by atomic mass is 10.1. The highest BCUT2D eigenvalue weighted by molar-refractivity contribution is 5.90. The number of pyridine rings is 1. The van der Waals surface area contributed by atoms with E-state index in [1.807, 2.05) is 32.0 Å². The van der Waals surface area contributed by atoms with Crippen LogP contribution in [0.2, 0.25) is 0 Å². The smallest absolute Gasteiger partial charge is 0.224 e. The van der Waals surface area contributed by atoms with Crippen LogP contribution in [0.3, 0.4) is 0 Å². The molecule has 3 rings (SSSR count). The van der Waals surface area contributed by atoms with Crippen LogP contribution in [0, 0.1) is 13.8 Å². The molecule has 0 aliphatic rings. The van der Waals surface area contributed by atoms with Gasteiger partial charge >= 0.3 is 0 Å². The molecule has 26 heavy (non-hydrogen) atoms. The number of nitrogens with zero attached hydrogens (tertiary/aromatic N) is 4. The number of hydrogen-bond donors (Lipinski definition) is 1. The molecule has 0 aliphatic carbocycles. The lowest BCUT2D eigenvalue weighted by molar-refractivity contribution is -0.116. The van der Waals surface area contributed by atoms with Crippen molar-refractivity contribution >= 4 is 11.6 Å². The SMILES string of the molecule is Cc1cccc(C)c1OCCCC(=O)Nc1ccc(-n2cnnc2)nc1. The van der Waals surface area contributed by atoms with E-state index >= 15 is 0 Å². The van der Waals surface area contributed by atoms with E-state index < -0.39 is 0 Å². The maximum atomic E-state index is 12.1. The van der Waals surface area contributed by atoms with Crippen LogP contribution < -0.4 is 10.1 Å². The van der Waals surface area contributed by atoms with E-state index in [0.29, 0.717) is 31.0 Å². The summed E-state index contributed by atoms with van der Waals surface area (Å²) in [5.74, 6) is 1.53. The Balaban J connectivity index is 1.44. The van der Waals surface area contributed by atoms with Crippen LogP contribution in [0.4, 0.5) is 5.69 Å². The number of nitrogens with one attached hydrogen (secondary N) is 1. The van der Waals surface area contributed by atoms with Gasteiger partial charge in [0.2, 0.25) is 5.91 Å². The third kappa shape index (κ3) is 4.44. The second-order valence-corrected chi connectivity index (χ2v) is 6.00. The van der Waals surface area contributed by atoms with Gasteiger partial charge in [0.1, 0.15) is 24.2 Å². The molecule has 0 saturated heterocycles. The normalized spacial score (nSPS) is 10.5. The number of aryl methyl sites for hydroxylation is 2. The molecule has 0 aliphatic heterocycles. The summed E-state index contributed by atoms with van der Waals surface area (Å²) in [6, 6.07) is 9.64. The van der Waals surface area contributed by atoms with Crippen molar-refractivity contribution in [1.82, 2.24) is 19.7 Å². The second-order valence-electron chi connectivity index (χ2n) is 6.00. The van der Waals surface area contributed by atoms with E-state index in [1.165, 1.54) is 0 Å². The van der Waals surface area contributed by atoms with E-state index in [9.17, 15) is 4.79 Å². The van der Waals surface area contributed by atoms with Crippen LogP contribution >= 0.6 is 0 Å². The minimum Gasteiger partial charge on any atom is -0.493 e. The van der Waals surface area contributed by atoms with Gasteiger partial charge in [0.05, 0.1) is 18.5 Å². The Morgan fingerprint density at radius 2 is 1.85 bits per heavy atom. The molecule has 2 heterocycles. The van der Waals surface area contributed by atoms with Crippen molar-refractivity contribution in [1.29, 1.82) is 0 Å². The fourth-order valence-corrected chi connectivity index (χ4v) is 2.59. The molecule has 0 spiro atoms. The molecule has 0 radical (unpaired) electrons. The molecule has 2 aromatic heterocycles. The van der Waals surface area contributed by atoms with Gasteiger partial charge in [-0.25, -0.2) is 4.98 Å². The zero-order valence-electron chi connectivity index (χ0n) is 14.8. The van der Waals surface area contributed by atoms with Gasteiger partial charge in [-0.05, 0) is 43.5 Å². The zero-order chi connectivity index (χ0) is 18.4. The van der Waals surface area contributed by atoms with E-state index in [0.717, 1.165) is 16.9 Å². The number of carbonyl (C=O) groups is 1. The maximum Gasteiger partial charge on any atom is 0.224 e. The monoisotopic (exact) mass is 351 g/mol. The summed E-state index contributed by atoms with van der Waals surface area (Å²) in [6.07, 6.45) is 5.78. The van der Waals surface area contributed by atoms with Crippen molar-refractivity contribution in [2.45, 2.75) is 26.7 Å². The molecule has 1 N–H and O–H groups in total. The first kappa shape index (κ1) is 17.6. The molecule has 134 valence electrons. The molecule has 1 amide bonds. The Hall–Kier alpha value is -3.22. The van der Waals surface area contributed by atoms with Crippen LogP contribution in [-0.2, 0) is 4.79 Å². The van der Waals surface area contributed by atoms with Crippen molar-refractivity contribution in [3.8, 4) is 11.6 Å². The Morgan fingerprint density at radius 3 is 2.50 bits per heavy atom. The number of hydrogen-bond acceptors (Lipinski definition) is 5. The van der Waals surface area contributed by atoms with Crippen LogP contribution in [0.1, 0.15) is 24.0 Å². The second kappa shape index (κ2) is 8.24. The highest BCUT2D eigenvalue weighted by Crippen LogP contribution is 2.22. The standard InChI is InChI=1S/C19H21N5O2/c1-14-5-3-6-15(2)19(14)26-10-4-7-18(25)23-16-8-9-17(20-11-16)24-12-21-22-13-24/h3,5-6,8-9,11-13H,4,7,10H2,1-2H3,(H,23,25). The summed E-state index contributed by atoms with van der Waals surface area (Å²) in [4.78, 5) is 16.3. The summed E-state index contributed by atoms with van der Waals surface area (Å²) >= 11 is 0. The molecule has 7 nitrogen and oxygen atoms in total. The number of aromatic nitrogens is 4. The van der Waals surface area contributed by atoms with Gasteiger partial charge < -0.3 is 10.1 Å². The predicted molar refractivity (Wildman–Crippen MR) is 98.4 cm³/mol. The fourth-order valence-electron chi connectivity index (χ4n) is 2.59. The van der Waals surface area contributed by atoms with Crippen LogP contribution in [-0.4, -0.2) is 32.3 Å². The maximum absolute atomic E-state index is 12.1. The summed E-state index contributed by atoms with van der Waals surface area (Å²) in [5.41, 5.74) is 2.87. The van der Waals surface area contributed by atoms with Crippen LogP contribution in [0.25, 0.3) is 5.82 Å². The minimum atomic E-state index is -0.0612. The first-order valence-electron chi connectivity index (χ1n) is 8.43. The van der Waals surface area contributed by atoms with Crippen LogP contribution in [0.5, 0.6) is 5.75 Å². The molecular formula is C19H21N5O2. The highest BCUT2D eigenvalue weighted by Gasteiger charge is 2.06. The lowest BCUT2D eigenvalue weighted by Gasteiger charge is -2.11. The first-order valence-corrected chi connectivity index (χ1v) is 8.43. The summed E-state index contributed by atoms with van der Waals surface area (Å²) < 4.78 is 7.51. The van der Waals surface area contributed by atoms with Gasteiger partial charge in [-0.1, -0.05) is 18.2 Å². The summed E-state index contributed by atoms with van der Waals surface area (Å²) in [6.45, 7) is 4.54. The number of anilines is 1. The van der Waals surface area contributed by atoms with E-state index in [1.54, 1.807) is 35.6 Å². The van der Waals surface area contributed by atoms with Gasteiger partial charge in [0, 0.05) is 6.42 Å². The molecule has 7 heteroatoms. The molecule has 0 atom stereocenters. The average Bonchev–Trinajstić information content (AvgIpc) is 3.16. The highest BCUT2D eigenvalue weighted by atomic mass is 16.5. The topological polar surface area (TPSA) is 81.9 Å². The lowest BCUT2D eigenvalue weighted by Crippen LogP contribution is -2.13. The molecule has 0 fully saturated rings. The van der Waals surface area contributed by atoms with Crippen molar-refractivity contribution in [3.63, 3.8) is 0 Å². The number of amides is 1. The zero-order valence-corrected chi connectivity index (χ0v) is 14.8. The van der Waals surface area contributed by atoms with Gasteiger partial charge in [0.15, 0.2) is 0 Å². The number of rotatable bonds is 7. The predicted octanol–water partition coefficient (Wildman–Crippen LogP) is 3.08. The molecule has 0 unspecified atom stereocenters. The number of benzene rings is 1.